The molecule has 3 aromatic rings. The van der Waals surface area contributed by atoms with Crippen LogP contribution in [0.25, 0.3) is 10.9 Å². The summed E-state index contributed by atoms with van der Waals surface area (Å²) in [6.45, 7) is 4.18. The van der Waals surface area contributed by atoms with E-state index < -0.39 is 6.10 Å². The molecule has 112 valence electrons. The minimum absolute atomic E-state index is 0.131. The van der Waals surface area contributed by atoms with Gasteiger partial charge in [0.2, 0.25) is 0 Å². The monoisotopic (exact) mass is 294 g/mol. The standard InChI is InChI=1S/C18H18N2O2/c1-12-7-13(2)9-14(8-12)17(21)10-20-11-19-16-6-4-3-5-15(16)18(20)22/h3-9,11,17,21H,10H2,1-2H3. The van der Waals surface area contributed by atoms with Crippen LogP contribution in [0.5, 0.6) is 0 Å². The molecular formula is C18H18N2O2. The Morgan fingerprint density at radius 3 is 2.55 bits per heavy atom. The minimum atomic E-state index is -0.737. The van der Waals surface area contributed by atoms with Crippen molar-refractivity contribution in [3.8, 4) is 0 Å². The maximum Gasteiger partial charge on any atom is 0.261 e. The third-order valence-electron chi connectivity index (χ3n) is 3.73. The molecule has 0 aliphatic heterocycles. The summed E-state index contributed by atoms with van der Waals surface area (Å²) in [4.78, 5) is 16.7. The second-order valence-electron chi connectivity index (χ2n) is 5.66. The Balaban J connectivity index is 1.95. The average molecular weight is 294 g/mol. The quantitative estimate of drug-likeness (QED) is 0.808. The lowest BCUT2D eigenvalue weighted by atomic mass is 10.0. The Labute approximate surface area is 128 Å². The number of hydrogen-bond acceptors (Lipinski definition) is 3. The van der Waals surface area contributed by atoms with Crippen LogP contribution in [0.2, 0.25) is 0 Å². The molecule has 0 radical (unpaired) electrons. The fourth-order valence-corrected chi connectivity index (χ4v) is 2.73. The number of fused-ring (bicyclic) bond motifs is 1. The maximum atomic E-state index is 12.4. The van der Waals surface area contributed by atoms with E-state index >= 15 is 0 Å². The molecule has 22 heavy (non-hydrogen) atoms. The van der Waals surface area contributed by atoms with Gasteiger partial charge in [-0.2, -0.15) is 0 Å². The van der Waals surface area contributed by atoms with Crippen molar-refractivity contribution >= 4 is 10.9 Å². The van der Waals surface area contributed by atoms with E-state index in [1.165, 1.54) is 10.9 Å². The minimum Gasteiger partial charge on any atom is -0.387 e. The highest BCUT2D eigenvalue weighted by molar-refractivity contribution is 5.76. The lowest BCUT2D eigenvalue weighted by molar-refractivity contribution is 0.155. The van der Waals surface area contributed by atoms with E-state index in [0.29, 0.717) is 10.9 Å². The Morgan fingerprint density at radius 2 is 1.82 bits per heavy atom. The van der Waals surface area contributed by atoms with Crippen molar-refractivity contribution in [2.45, 2.75) is 26.5 Å². The number of hydrogen-bond donors (Lipinski definition) is 1. The third kappa shape index (κ3) is 2.78. The second kappa shape index (κ2) is 5.73. The van der Waals surface area contributed by atoms with Crippen molar-refractivity contribution in [1.82, 2.24) is 9.55 Å². The van der Waals surface area contributed by atoms with Gasteiger partial charge in [0, 0.05) is 0 Å². The zero-order valence-electron chi connectivity index (χ0n) is 12.7. The molecule has 0 bridgehead atoms. The molecule has 1 unspecified atom stereocenters. The van der Waals surface area contributed by atoms with Gasteiger partial charge in [-0.3, -0.25) is 9.36 Å². The first kappa shape index (κ1) is 14.5. The number of para-hydroxylation sites is 1. The zero-order chi connectivity index (χ0) is 15.7. The summed E-state index contributed by atoms with van der Waals surface area (Å²) in [5.41, 5.74) is 3.55. The molecular weight excluding hydrogens is 276 g/mol. The number of aliphatic hydroxyl groups is 1. The van der Waals surface area contributed by atoms with E-state index in [0.717, 1.165) is 16.7 Å². The third-order valence-corrected chi connectivity index (χ3v) is 3.73. The van der Waals surface area contributed by atoms with Crippen molar-refractivity contribution in [2.75, 3.05) is 0 Å². The van der Waals surface area contributed by atoms with Crippen molar-refractivity contribution in [2.24, 2.45) is 0 Å². The number of aromatic nitrogens is 2. The molecule has 4 heteroatoms. The molecule has 3 rings (SSSR count). The van der Waals surface area contributed by atoms with Crippen LogP contribution in [-0.4, -0.2) is 14.7 Å². The molecule has 0 amide bonds. The Bertz CT molecular complexity index is 863. The molecule has 0 fully saturated rings. The van der Waals surface area contributed by atoms with E-state index in [9.17, 15) is 9.90 Å². The smallest absolute Gasteiger partial charge is 0.261 e. The van der Waals surface area contributed by atoms with Gasteiger partial charge in [-0.25, -0.2) is 4.98 Å². The van der Waals surface area contributed by atoms with E-state index in [2.05, 4.69) is 11.1 Å². The zero-order valence-corrected chi connectivity index (χ0v) is 12.7. The molecule has 0 spiro atoms. The van der Waals surface area contributed by atoms with Crippen LogP contribution in [0.1, 0.15) is 22.8 Å². The number of nitrogens with zero attached hydrogens (tertiary/aromatic N) is 2. The van der Waals surface area contributed by atoms with Crippen LogP contribution in [0, 0.1) is 13.8 Å². The molecule has 0 aliphatic carbocycles. The predicted molar refractivity (Wildman–Crippen MR) is 86.9 cm³/mol. The lowest BCUT2D eigenvalue weighted by Gasteiger charge is -2.14. The summed E-state index contributed by atoms with van der Waals surface area (Å²) in [5.74, 6) is 0. The van der Waals surface area contributed by atoms with Gasteiger partial charge in [-0.05, 0) is 31.5 Å². The van der Waals surface area contributed by atoms with Gasteiger partial charge in [-0.15, -0.1) is 0 Å². The van der Waals surface area contributed by atoms with Crippen LogP contribution >= 0.6 is 0 Å². The SMILES string of the molecule is Cc1cc(C)cc(C(O)Cn2cnc3ccccc3c2=O)c1. The van der Waals surface area contributed by atoms with Crippen LogP contribution < -0.4 is 5.56 Å². The first-order valence-corrected chi connectivity index (χ1v) is 7.25. The highest BCUT2D eigenvalue weighted by Crippen LogP contribution is 2.18. The van der Waals surface area contributed by atoms with Crippen molar-refractivity contribution < 1.29 is 5.11 Å². The van der Waals surface area contributed by atoms with Crippen molar-refractivity contribution in [3.05, 3.63) is 75.8 Å². The predicted octanol–water partition coefficient (Wildman–Crippen LogP) is 2.75. The Morgan fingerprint density at radius 1 is 1.14 bits per heavy atom. The first-order valence-electron chi connectivity index (χ1n) is 7.25. The molecule has 1 atom stereocenters. The van der Waals surface area contributed by atoms with Crippen LogP contribution in [0.3, 0.4) is 0 Å². The van der Waals surface area contributed by atoms with Gasteiger partial charge in [0.15, 0.2) is 0 Å². The van der Waals surface area contributed by atoms with Crippen LogP contribution in [0.4, 0.5) is 0 Å². The van der Waals surface area contributed by atoms with E-state index in [1.54, 1.807) is 12.1 Å². The molecule has 0 aliphatic rings. The van der Waals surface area contributed by atoms with Gasteiger partial charge >= 0.3 is 0 Å². The lowest BCUT2D eigenvalue weighted by Crippen LogP contribution is -2.23. The van der Waals surface area contributed by atoms with Crippen LogP contribution in [0.15, 0.2) is 53.6 Å². The molecule has 2 aromatic carbocycles. The fraction of sp³-hybridized carbons (Fsp3) is 0.222. The van der Waals surface area contributed by atoms with Gasteiger partial charge in [0.05, 0.1) is 29.9 Å². The Hall–Kier alpha value is -2.46. The van der Waals surface area contributed by atoms with Gasteiger partial charge < -0.3 is 5.11 Å². The normalized spacial score (nSPS) is 12.5. The summed E-state index contributed by atoms with van der Waals surface area (Å²) >= 11 is 0. The fourth-order valence-electron chi connectivity index (χ4n) is 2.73. The highest BCUT2D eigenvalue weighted by Gasteiger charge is 2.12. The largest absolute Gasteiger partial charge is 0.387 e. The molecule has 1 aromatic heterocycles. The second-order valence-corrected chi connectivity index (χ2v) is 5.66. The number of rotatable bonds is 3. The summed E-state index contributed by atoms with van der Waals surface area (Å²) in [7, 11) is 0. The maximum absolute atomic E-state index is 12.4. The average Bonchev–Trinajstić information content (AvgIpc) is 2.49. The van der Waals surface area contributed by atoms with E-state index in [-0.39, 0.29) is 12.1 Å². The van der Waals surface area contributed by atoms with E-state index in [4.69, 9.17) is 0 Å². The molecule has 4 nitrogen and oxygen atoms in total. The number of benzene rings is 2. The van der Waals surface area contributed by atoms with Crippen molar-refractivity contribution in [3.63, 3.8) is 0 Å². The summed E-state index contributed by atoms with van der Waals surface area (Å²) < 4.78 is 1.46. The van der Waals surface area contributed by atoms with E-state index in [1.807, 2.05) is 38.1 Å². The molecule has 0 saturated carbocycles. The molecule has 1 heterocycles. The highest BCUT2D eigenvalue weighted by atomic mass is 16.3. The van der Waals surface area contributed by atoms with Gasteiger partial charge in [0.25, 0.3) is 5.56 Å². The molecule has 1 N–H and O–H groups in total. The number of aliphatic hydroxyl groups excluding tert-OH is 1. The van der Waals surface area contributed by atoms with Gasteiger partial charge in [0.1, 0.15) is 0 Å². The topological polar surface area (TPSA) is 55.1 Å². The van der Waals surface area contributed by atoms with Gasteiger partial charge in [-0.1, -0.05) is 41.5 Å². The Kier molecular flexibility index (Phi) is 3.77. The number of aryl methyl sites for hydroxylation is 2. The summed E-state index contributed by atoms with van der Waals surface area (Å²) in [6.07, 6.45) is 0.760. The van der Waals surface area contributed by atoms with Crippen LogP contribution in [-0.2, 0) is 6.54 Å². The molecule has 0 saturated heterocycles. The first-order chi connectivity index (χ1) is 10.5. The summed E-state index contributed by atoms with van der Waals surface area (Å²) in [5, 5.41) is 11.0. The summed E-state index contributed by atoms with van der Waals surface area (Å²) in [6, 6.07) is 13.2. The van der Waals surface area contributed by atoms with Crippen molar-refractivity contribution in [1.29, 1.82) is 0 Å².